The topological polar surface area (TPSA) is 54.0 Å². The van der Waals surface area contributed by atoms with Gasteiger partial charge < -0.3 is 24.6 Å². The van der Waals surface area contributed by atoms with E-state index in [1.54, 1.807) is 7.11 Å². The number of benzene rings is 2. The molecule has 0 aromatic heterocycles. The first kappa shape index (κ1) is 18.1. The molecule has 6 nitrogen and oxygen atoms in total. The predicted molar refractivity (Wildman–Crippen MR) is 102 cm³/mol. The second kappa shape index (κ2) is 9.10. The van der Waals surface area contributed by atoms with E-state index in [0.29, 0.717) is 26.2 Å². The fourth-order valence-corrected chi connectivity index (χ4v) is 2.89. The first-order valence-electron chi connectivity index (χ1n) is 8.86. The summed E-state index contributed by atoms with van der Waals surface area (Å²) in [6.45, 7) is 4.12. The minimum atomic E-state index is -0.0201. The lowest BCUT2D eigenvalue weighted by Crippen LogP contribution is -2.52. The van der Waals surface area contributed by atoms with E-state index in [9.17, 15) is 4.79 Å². The van der Waals surface area contributed by atoms with Gasteiger partial charge in [0.2, 0.25) is 0 Å². The van der Waals surface area contributed by atoms with Crippen LogP contribution in [-0.2, 0) is 4.74 Å². The van der Waals surface area contributed by atoms with Crippen molar-refractivity contribution in [1.82, 2.24) is 10.2 Å². The highest BCUT2D eigenvalue weighted by Gasteiger charge is 2.20. The number of carbonyl (C=O) groups is 1. The van der Waals surface area contributed by atoms with Crippen molar-refractivity contribution in [3.05, 3.63) is 54.6 Å². The number of amides is 2. The molecule has 0 saturated carbocycles. The van der Waals surface area contributed by atoms with Crippen LogP contribution in [0.25, 0.3) is 0 Å². The quantitative estimate of drug-likeness (QED) is 0.810. The zero-order chi connectivity index (χ0) is 18.2. The molecule has 1 N–H and O–H groups in total. The van der Waals surface area contributed by atoms with Crippen LogP contribution in [0.2, 0.25) is 0 Å². The first-order chi connectivity index (χ1) is 12.8. The molecular weight excluding hydrogens is 330 g/mol. The van der Waals surface area contributed by atoms with Gasteiger partial charge in [-0.1, -0.05) is 18.2 Å². The number of nitrogens with one attached hydrogen (secondary N) is 1. The average Bonchev–Trinajstić information content (AvgIpc) is 2.70. The van der Waals surface area contributed by atoms with Crippen LogP contribution in [0.3, 0.4) is 0 Å². The summed E-state index contributed by atoms with van der Waals surface area (Å²) >= 11 is 0. The Morgan fingerprint density at radius 1 is 0.962 bits per heavy atom. The van der Waals surface area contributed by atoms with E-state index >= 15 is 0 Å². The molecule has 0 radical (unpaired) electrons. The third-order valence-electron chi connectivity index (χ3n) is 4.33. The highest BCUT2D eigenvalue weighted by molar-refractivity contribution is 5.74. The van der Waals surface area contributed by atoms with Gasteiger partial charge in [-0.2, -0.15) is 0 Å². The Kier molecular flexibility index (Phi) is 6.33. The third kappa shape index (κ3) is 4.89. The Labute approximate surface area is 154 Å². The van der Waals surface area contributed by atoms with Gasteiger partial charge in [0.25, 0.3) is 0 Å². The number of hydrogen-bond acceptors (Lipinski definition) is 4. The third-order valence-corrected chi connectivity index (χ3v) is 4.33. The largest absolute Gasteiger partial charge is 0.457 e. The zero-order valence-corrected chi connectivity index (χ0v) is 15.1. The van der Waals surface area contributed by atoms with Gasteiger partial charge in [-0.05, 0) is 36.4 Å². The second-order valence-corrected chi connectivity index (χ2v) is 6.11. The van der Waals surface area contributed by atoms with Gasteiger partial charge in [0, 0.05) is 45.5 Å². The van der Waals surface area contributed by atoms with Crippen LogP contribution >= 0.6 is 0 Å². The molecule has 1 saturated heterocycles. The molecule has 0 bridgehead atoms. The maximum atomic E-state index is 12.1. The molecule has 1 aliphatic rings. The average molecular weight is 355 g/mol. The van der Waals surface area contributed by atoms with Crippen molar-refractivity contribution >= 4 is 11.7 Å². The summed E-state index contributed by atoms with van der Waals surface area (Å²) in [5, 5.41) is 2.87. The van der Waals surface area contributed by atoms with E-state index in [-0.39, 0.29) is 6.03 Å². The summed E-state index contributed by atoms with van der Waals surface area (Å²) in [6, 6.07) is 17.8. The van der Waals surface area contributed by atoms with Gasteiger partial charge >= 0.3 is 6.03 Å². The number of urea groups is 1. The Morgan fingerprint density at radius 3 is 2.27 bits per heavy atom. The van der Waals surface area contributed by atoms with Crippen LogP contribution in [0, 0.1) is 0 Å². The zero-order valence-electron chi connectivity index (χ0n) is 15.1. The minimum Gasteiger partial charge on any atom is -0.457 e. The second-order valence-electron chi connectivity index (χ2n) is 6.11. The molecule has 0 spiro atoms. The Bertz CT molecular complexity index is 683. The Morgan fingerprint density at radius 2 is 1.62 bits per heavy atom. The Hall–Kier alpha value is -2.73. The molecule has 0 atom stereocenters. The van der Waals surface area contributed by atoms with Gasteiger partial charge in [-0.15, -0.1) is 0 Å². The molecule has 138 valence electrons. The van der Waals surface area contributed by atoms with Crippen molar-refractivity contribution in [3.63, 3.8) is 0 Å². The molecule has 1 aliphatic heterocycles. The maximum absolute atomic E-state index is 12.1. The normalized spacial score (nSPS) is 14.2. The smallest absolute Gasteiger partial charge is 0.317 e. The molecule has 0 aliphatic carbocycles. The van der Waals surface area contributed by atoms with Crippen LogP contribution in [0.15, 0.2) is 54.6 Å². The van der Waals surface area contributed by atoms with E-state index in [4.69, 9.17) is 9.47 Å². The van der Waals surface area contributed by atoms with Gasteiger partial charge in [0.15, 0.2) is 0 Å². The first-order valence-corrected chi connectivity index (χ1v) is 8.86. The van der Waals surface area contributed by atoms with Gasteiger partial charge in [0.05, 0.1) is 6.61 Å². The molecule has 3 rings (SSSR count). The molecule has 1 heterocycles. The molecule has 26 heavy (non-hydrogen) atoms. The summed E-state index contributed by atoms with van der Waals surface area (Å²) < 4.78 is 10.8. The van der Waals surface area contributed by atoms with E-state index < -0.39 is 0 Å². The number of methoxy groups -OCH3 is 1. The molecule has 1 fully saturated rings. The van der Waals surface area contributed by atoms with Gasteiger partial charge in [-0.25, -0.2) is 4.79 Å². The lowest BCUT2D eigenvalue weighted by atomic mass is 10.2. The number of piperazine rings is 1. The highest BCUT2D eigenvalue weighted by Crippen LogP contribution is 2.24. The summed E-state index contributed by atoms with van der Waals surface area (Å²) in [7, 11) is 1.63. The van der Waals surface area contributed by atoms with Crippen LogP contribution < -0.4 is 15.0 Å². The summed E-state index contributed by atoms with van der Waals surface area (Å²) in [6.07, 6.45) is 0. The standard InChI is InChI=1S/C20H25N3O3/c1-25-16-11-21-20(24)23-14-12-22(13-15-23)17-7-9-19(10-8-17)26-18-5-3-2-4-6-18/h2-10H,11-16H2,1H3,(H,21,24). The number of ether oxygens (including phenoxy) is 2. The predicted octanol–water partition coefficient (Wildman–Crippen LogP) is 2.96. The van der Waals surface area contributed by atoms with Crippen molar-refractivity contribution < 1.29 is 14.3 Å². The van der Waals surface area contributed by atoms with Crippen molar-refractivity contribution in [2.24, 2.45) is 0 Å². The fraction of sp³-hybridized carbons (Fsp3) is 0.350. The summed E-state index contributed by atoms with van der Waals surface area (Å²) in [5.74, 6) is 1.64. The van der Waals surface area contributed by atoms with Gasteiger partial charge in [0.1, 0.15) is 11.5 Å². The monoisotopic (exact) mass is 355 g/mol. The minimum absolute atomic E-state index is 0.0201. The summed E-state index contributed by atoms with van der Waals surface area (Å²) in [4.78, 5) is 16.2. The van der Waals surface area contributed by atoms with Crippen LogP contribution in [0.1, 0.15) is 0 Å². The number of rotatable bonds is 6. The molecule has 6 heteroatoms. The van der Waals surface area contributed by atoms with Crippen molar-refractivity contribution in [3.8, 4) is 11.5 Å². The van der Waals surface area contributed by atoms with Crippen LogP contribution in [-0.4, -0.2) is 57.4 Å². The number of hydrogen-bond donors (Lipinski definition) is 1. The van der Waals surface area contributed by atoms with Crippen molar-refractivity contribution in [2.75, 3.05) is 51.3 Å². The molecule has 2 aromatic carbocycles. The Balaban J connectivity index is 1.49. The van der Waals surface area contributed by atoms with E-state index in [1.807, 2.05) is 47.4 Å². The number of anilines is 1. The number of carbonyl (C=O) groups excluding carboxylic acids is 1. The maximum Gasteiger partial charge on any atom is 0.317 e. The molecule has 2 aromatic rings. The molecular formula is C20H25N3O3. The fourth-order valence-electron chi connectivity index (χ4n) is 2.89. The van der Waals surface area contributed by atoms with E-state index in [2.05, 4.69) is 22.3 Å². The lowest BCUT2D eigenvalue weighted by Gasteiger charge is -2.36. The van der Waals surface area contributed by atoms with Gasteiger partial charge in [-0.3, -0.25) is 0 Å². The van der Waals surface area contributed by atoms with E-state index in [0.717, 1.165) is 30.3 Å². The SMILES string of the molecule is COCCNC(=O)N1CCN(c2ccc(Oc3ccccc3)cc2)CC1. The summed E-state index contributed by atoms with van der Waals surface area (Å²) in [5.41, 5.74) is 1.14. The molecule has 0 unspecified atom stereocenters. The highest BCUT2D eigenvalue weighted by atomic mass is 16.5. The number of para-hydroxylation sites is 1. The van der Waals surface area contributed by atoms with Crippen molar-refractivity contribution in [2.45, 2.75) is 0 Å². The van der Waals surface area contributed by atoms with E-state index in [1.165, 1.54) is 0 Å². The number of nitrogens with zero attached hydrogens (tertiary/aromatic N) is 2. The van der Waals surface area contributed by atoms with Crippen molar-refractivity contribution in [1.29, 1.82) is 0 Å². The lowest BCUT2D eigenvalue weighted by molar-refractivity contribution is 0.177. The van der Waals surface area contributed by atoms with Crippen LogP contribution in [0.4, 0.5) is 10.5 Å². The molecule has 2 amide bonds. The van der Waals surface area contributed by atoms with Crippen LogP contribution in [0.5, 0.6) is 11.5 Å².